The first-order chi connectivity index (χ1) is 14.4. The molecule has 0 fully saturated rings. The smallest absolute Gasteiger partial charge is 0.387 e. The van der Waals surface area contributed by atoms with Gasteiger partial charge in [-0.3, -0.25) is 4.79 Å². The van der Waals surface area contributed by atoms with Gasteiger partial charge in [0.05, 0.1) is 7.11 Å². The van der Waals surface area contributed by atoms with Crippen molar-refractivity contribution in [2.75, 3.05) is 7.11 Å². The third-order valence-electron chi connectivity index (χ3n) is 3.96. The third-order valence-corrected chi connectivity index (χ3v) is 4.45. The normalized spacial score (nSPS) is 10.7. The van der Waals surface area contributed by atoms with Crippen LogP contribution in [0.15, 0.2) is 63.5 Å². The Labute approximate surface area is 179 Å². The van der Waals surface area contributed by atoms with Crippen LogP contribution in [0.3, 0.4) is 0 Å². The topological polar surface area (TPSA) is 69.9 Å². The molecule has 0 radical (unpaired) electrons. The van der Waals surface area contributed by atoms with E-state index in [1.807, 2.05) is 24.3 Å². The predicted molar refractivity (Wildman–Crippen MR) is 108 cm³/mol. The molecule has 0 aliphatic heterocycles. The summed E-state index contributed by atoms with van der Waals surface area (Å²) in [5.74, 6) is 0.872. The van der Waals surface area contributed by atoms with Crippen molar-refractivity contribution in [3.63, 3.8) is 0 Å². The van der Waals surface area contributed by atoms with Crippen molar-refractivity contribution in [2.45, 2.75) is 19.8 Å². The molecule has 6 nitrogen and oxygen atoms in total. The van der Waals surface area contributed by atoms with Gasteiger partial charge in [-0.1, -0.05) is 28.1 Å². The number of nitrogens with one attached hydrogen (secondary N) is 1. The van der Waals surface area contributed by atoms with Gasteiger partial charge in [0.1, 0.15) is 18.1 Å². The molecule has 2 aromatic carbocycles. The molecule has 3 aromatic rings. The van der Waals surface area contributed by atoms with Crippen LogP contribution in [-0.2, 0) is 13.2 Å². The summed E-state index contributed by atoms with van der Waals surface area (Å²) in [7, 11) is 1.35. The van der Waals surface area contributed by atoms with Crippen LogP contribution >= 0.6 is 15.9 Å². The number of hydrogen-bond donors (Lipinski definition) is 1. The van der Waals surface area contributed by atoms with Crippen molar-refractivity contribution in [3.8, 4) is 17.2 Å². The van der Waals surface area contributed by atoms with Crippen LogP contribution in [0.25, 0.3) is 0 Å². The van der Waals surface area contributed by atoms with E-state index in [9.17, 15) is 13.6 Å². The van der Waals surface area contributed by atoms with Gasteiger partial charge in [-0.15, -0.1) is 0 Å². The SMILES string of the molecule is COc1ccc(CNC(=O)c2ccc(COc3cccc(Br)c3)o2)cc1OC(F)F. The molecular formula is C21H18BrF2NO5. The minimum Gasteiger partial charge on any atom is -0.493 e. The van der Waals surface area contributed by atoms with Gasteiger partial charge in [0, 0.05) is 11.0 Å². The number of benzene rings is 2. The maximum atomic E-state index is 12.5. The molecule has 1 N–H and O–H groups in total. The van der Waals surface area contributed by atoms with Gasteiger partial charge >= 0.3 is 6.61 Å². The van der Waals surface area contributed by atoms with Gasteiger partial charge in [0.15, 0.2) is 17.3 Å². The van der Waals surface area contributed by atoms with Crippen LogP contribution in [0.5, 0.6) is 17.2 Å². The summed E-state index contributed by atoms with van der Waals surface area (Å²) in [4.78, 5) is 12.3. The average Bonchev–Trinajstić information content (AvgIpc) is 3.19. The number of ether oxygens (including phenoxy) is 3. The number of carbonyl (C=O) groups is 1. The van der Waals surface area contributed by atoms with Crippen molar-refractivity contribution >= 4 is 21.8 Å². The maximum absolute atomic E-state index is 12.5. The molecule has 1 amide bonds. The molecule has 1 aromatic heterocycles. The van der Waals surface area contributed by atoms with Gasteiger partial charge in [-0.25, -0.2) is 0 Å². The molecule has 0 saturated heterocycles. The van der Waals surface area contributed by atoms with E-state index in [1.165, 1.54) is 25.3 Å². The zero-order valence-electron chi connectivity index (χ0n) is 15.9. The summed E-state index contributed by atoms with van der Waals surface area (Å²) in [5, 5.41) is 2.66. The van der Waals surface area contributed by atoms with E-state index in [0.717, 1.165) is 4.47 Å². The van der Waals surface area contributed by atoms with Crippen LogP contribution < -0.4 is 19.5 Å². The highest BCUT2D eigenvalue weighted by atomic mass is 79.9. The second-order valence-corrected chi connectivity index (χ2v) is 6.97. The lowest BCUT2D eigenvalue weighted by Crippen LogP contribution is -2.22. The monoisotopic (exact) mass is 481 g/mol. The summed E-state index contributed by atoms with van der Waals surface area (Å²) >= 11 is 3.36. The third kappa shape index (κ3) is 5.96. The summed E-state index contributed by atoms with van der Waals surface area (Å²) in [5.41, 5.74) is 0.560. The number of methoxy groups -OCH3 is 1. The number of hydrogen-bond acceptors (Lipinski definition) is 5. The van der Waals surface area contributed by atoms with Gasteiger partial charge < -0.3 is 23.9 Å². The van der Waals surface area contributed by atoms with Gasteiger partial charge in [-0.2, -0.15) is 8.78 Å². The minimum absolute atomic E-state index is 0.0903. The predicted octanol–water partition coefficient (Wildman–Crippen LogP) is 5.16. The summed E-state index contributed by atoms with van der Waals surface area (Å²) < 4.78 is 46.5. The lowest BCUT2D eigenvalue weighted by atomic mass is 10.2. The first-order valence-electron chi connectivity index (χ1n) is 8.81. The zero-order valence-corrected chi connectivity index (χ0v) is 17.4. The average molecular weight is 482 g/mol. The molecule has 0 saturated carbocycles. The van der Waals surface area contributed by atoms with Gasteiger partial charge in [0.2, 0.25) is 0 Å². The largest absolute Gasteiger partial charge is 0.493 e. The molecule has 0 unspecified atom stereocenters. The second-order valence-electron chi connectivity index (χ2n) is 6.06. The summed E-state index contributed by atoms with van der Waals surface area (Å²) in [6.07, 6.45) is 0. The molecule has 158 valence electrons. The van der Waals surface area contributed by atoms with Crippen LogP contribution in [0.4, 0.5) is 8.78 Å². The van der Waals surface area contributed by atoms with Crippen LogP contribution in [-0.4, -0.2) is 19.6 Å². The fourth-order valence-corrected chi connectivity index (χ4v) is 2.96. The Kier molecular flexibility index (Phi) is 7.29. The molecule has 0 aliphatic carbocycles. The Morgan fingerprint density at radius 1 is 1.13 bits per heavy atom. The maximum Gasteiger partial charge on any atom is 0.387 e. The van der Waals surface area contributed by atoms with E-state index in [2.05, 4.69) is 26.0 Å². The van der Waals surface area contributed by atoms with E-state index < -0.39 is 12.5 Å². The van der Waals surface area contributed by atoms with Gasteiger partial charge in [-0.05, 0) is 48.0 Å². The van der Waals surface area contributed by atoms with E-state index >= 15 is 0 Å². The molecule has 30 heavy (non-hydrogen) atoms. The number of alkyl halides is 2. The molecular weight excluding hydrogens is 464 g/mol. The molecule has 0 bridgehead atoms. The number of carbonyl (C=O) groups excluding carboxylic acids is 1. The van der Waals surface area contributed by atoms with Crippen molar-refractivity contribution in [1.29, 1.82) is 0 Å². The first-order valence-corrected chi connectivity index (χ1v) is 9.61. The van der Waals surface area contributed by atoms with E-state index in [-0.39, 0.29) is 30.4 Å². The lowest BCUT2D eigenvalue weighted by Gasteiger charge is -2.11. The Morgan fingerprint density at radius 3 is 2.70 bits per heavy atom. The summed E-state index contributed by atoms with van der Waals surface area (Å²) in [6, 6.07) is 15.0. The molecule has 0 aliphatic rings. The highest BCUT2D eigenvalue weighted by Crippen LogP contribution is 2.29. The van der Waals surface area contributed by atoms with Crippen LogP contribution in [0.2, 0.25) is 0 Å². The Bertz CT molecular complexity index is 1010. The van der Waals surface area contributed by atoms with E-state index in [4.69, 9.17) is 13.9 Å². The number of amides is 1. The van der Waals surface area contributed by atoms with Crippen LogP contribution in [0, 0.1) is 0 Å². The molecule has 9 heteroatoms. The van der Waals surface area contributed by atoms with Crippen molar-refractivity contribution in [1.82, 2.24) is 5.32 Å². The fourth-order valence-electron chi connectivity index (χ4n) is 2.58. The standard InChI is InChI=1S/C21H18BrF2NO5/c1-27-17-7-5-13(9-19(17)30-21(23)24)11-25-20(26)18-8-6-16(29-18)12-28-15-4-2-3-14(22)10-15/h2-10,21H,11-12H2,1H3,(H,25,26). The van der Waals surface area contributed by atoms with Crippen molar-refractivity contribution < 1.29 is 32.2 Å². The quantitative estimate of drug-likeness (QED) is 0.457. The minimum atomic E-state index is -2.98. The van der Waals surface area contributed by atoms with E-state index in [0.29, 0.717) is 17.1 Å². The molecule has 1 heterocycles. The number of rotatable bonds is 9. The highest BCUT2D eigenvalue weighted by molar-refractivity contribution is 9.10. The summed E-state index contributed by atoms with van der Waals surface area (Å²) in [6.45, 7) is -2.73. The number of furan rings is 1. The lowest BCUT2D eigenvalue weighted by molar-refractivity contribution is -0.0512. The number of halogens is 3. The van der Waals surface area contributed by atoms with Crippen molar-refractivity contribution in [3.05, 3.63) is 76.2 Å². The Morgan fingerprint density at radius 2 is 1.97 bits per heavy atom. The zero-order chi connectivity index (χ0) is 21.5. The molecule has 0 spiro atoms. The van der Waals surface area contributed by atoms with Crippen LogP contribution in [0.1, 0.15) is 21.9 Å². The Balaban J connectivity index is 1.56. The second kappa shape index (κ2) is 10.1. The Hall–Kier alpha value is -3.07. The fraction of sp³-hybridized carbons (Fsp3) is 0.190. The molecule has 3 rings (SSSR count). The van der Waals surface area contributed by atoms with Crippen molar-refractivity contribution in [2.24, 2.45) is 0 Å². The van der Waals surface area contributed by atoms with E-state index in [1.54, 1.807) is 12.1 Å². The van der Waals surface area contributed by atoms with Gasteiger partial charge in [0.25, 0.3) is 5.91 Å². The highest BCUT2D eigenvalue weighted by Gasteiger charge is 2.14. The molecule has 0 atom stereocenters. The first kappa shape index (κ1) is 21.6.